The number of hydrogen-bond acceptors (Lipinski definition) is 6. The molecule has 0 spiro atoms. The topological polar surface area (TPSA) is 76.7 Å². The molecular weight excluding hydrogens is 408 g/mol. The van der Waals surface area contributed by atoms with Crippen molar-refractivity contribution in [2.75, 3.05) is 11.9 Å². The molecule has 0 saturated heterocycles. The molecule has 0 radical (unpaired) electrons. The number of carbonyl (C=O) groups excluding carboxylic acids is 2. The normalized spacial score (nSPS) is 17.9. The van der Waals surface area contributed by atoms with Crippen molar-refractivity contribution in [3.63, 3.8) is 0 Å². The number of ether oxygens (including phenoxy) is 2. The molecule has 1 aliphatic rings. The van der Waals surface area contributed by atoms with Gasteiger partial charge in [0.05, 0.1) is 24.4 Å². The predicted molar refractivity (Wildman–Crippen MR) is 118 cm³/mol. The van der Waals surface area contributed by atoms with E-state index in [0.717, 1.165) is 16.9 Å². The number of fused-ring (bicyclic) bond motifs is 1. The number of thiophene rings is 1. The molecule has 1 amide bonds. The minimum atomic E-state index is -0.398. The zero-order valence-electron chi connectivity index (χ0n) is 16.7. The van der Waals surface area contributed by atoms with Crippen molar-refractivity contribution in [3.05, 3.63) is 51.9 Å². The summed E-state index contributed by atoms with van der Waals surface area (Å²) in [5, 5.41) is 6.36. The average molecular weight is 433 g/mol. The second-order valence-electron chi connectivity index (χ2n) is 6.97. The molecule has 2 aromatic rings. The summed E-state index contributed by atoms with van der Waals surface area (Å²) in [7, 11) is 0. The van der Waals surface area contributed by atoms with Crippen LogP contribution < -0.4 is 10.6 Å². The van der Waals surface area contributed by atoms with Crippen molar-refractivity contribution in [2.45, 2.75) is 45.8 Å². The maximum Gasteiger partial charge on any atom is 0.341 e. The molecular formula is C21H24N2O4S2. The highest BCUT2D eigenvalue weighted by atomic mass is 32.1. The molecule has 2 N–H and O–H groups in total. The van der Waals surface area contributed by atoms with E-state index in [1.54, 1.807) is 31.2 Å². The zero-order valence-corrected chi connectivity index (χ0v) is 18.3. The van der Waals surface area contributed by atoms with Crippen LogP contribution in [0.5, 0.6) is 0 Å². The Balaban J connectivity index is 1.84. The third-order valence-electron chi connectivity index (χ3n) is 4.91. The van der Waals surface area contributed by atoms with Gasteiger partial charge >= 0.3 is 5.97 Å². The van der Waals surface area contributed by atoms with E-state index in [4.69, 9.17) is 21.7 Å². The van der Waals surface area contributed by atoms with Crippen LogP contribution in [0, 0.1) is 0 Å². The molecule has 0 saturated carbocycles. The van der Waals surface area contributed by atoms with E-state index < -0.39 is 5.97 Å². The molecule has 154 valence electrons. The van der Waals surface area contributed by atoms with E-state index in [0.29, 0.717) is 29.2 Å². The second-order valence-corrected chi connectivity index (χ2v) is 8.48. The summed E-state index contributed by atoms with van der Waals surface area (Å²) in [6.07, 6.45) is 1.45. The minimum Gasteiger partial charge on any atom is -0.462 e. The lowest BCUT2D eigenvalue weighted by Crippen LogP contribution is -2.35. The Morgan fingerprint density at radius 1 is 1.28 bits per heavy atom. The van der Waals surface area contributed by atoms with Crippen LogP contribution in [0.2, 0.25) is 0 Å². The summed E-state index contributed by atoms with van der Waals surface area (Å²) in [6.45, 7) is 6.59. The van der Waals surface area contributed by atoms with E-state index in [-0.39, 0.29) is 23.2 Å². The lowest BCUT2D eigenvalue weighted by Gasteiger charge is -2.33. The molecule has 1 atom stereocenters. The summed E-state index contributed by atoms with van der Waals surface area (Å²) in [6, 6.07) is 8.80. The van der Waals surface area contributed by atoms with Crippen molar-refractivity contribution in [3.8, 4) is 0 Å². The summed E-state index contributed by atoms with van der Waals surface area (Å²) < 4.78 is 11.3. The molecule has 0 fully saturated rings. The van der Waals surface area contributed by atoms with Gasteiger partial charge in [0, 0.05) is 16.9 Å². The number of hydrogen-bond donors (Lipinski definition) is 2. The number of nitrogens with one attached hydrogen (secondary N) is 2. The first kappa shape index (κ1) is 21.4. The van der Waals surface area contributed by atoms with Gasteiger partial charge in [-0.25, -0.2) is 4.79 Å². The molecule has 0 bridgehead atoms. The number of amides is 1. The van der Waals surface area contributed by atoms with Crippen molar-refractivity contribution in [2.24, 2.45) is 0 Å². The molecule has 1 aromatic carbocycles. The Bertz CT molecular complexity index is 926. The highest BCUT2D eigenvalue weighted by molar-refractivity contribution is 7.80. The molecule has 29 heavy (non-hydrogen) atoms. The third-order valence-corrected chi connectivity index (χ3v) is 6.24. The Morgan fingerprint density at radius 3 is 2.66 bits per heavy atom. The van der Waals surface area contributed by atoms with E-state index in [1.807, 2.05) is 13.0 Å². The monoisotopic (exact) mass is 432 g/mol. The Labute approximate surface area is 179 Å². The number of rotatable bonds is 5. The Morgan fingerprint density at radius 2 is 2.00 bits per heavy atom. The molecule has 1 unspecified atom stereocenters. The Kier molecular flexibility index (Phi) is 6.66. The van der Waals surface area contributed by atoms with Crippen molar-refractivity contribution in [1.29, 1.82) is 0 Å². The first-order valence-electron chi connectivity index (χ1n) is 9.50. The van der Waals surface area contributed by atoms with Crippen LogP contribution in [0.3, 0.4) is 0 Å². The predicted octanol–water partition coefficient (Wildman–Crippen LogP) is 4.29. The first-order valence-corrected chi connectivity index (χ1v) is 10.7. The molecule has 3 rings (SSSR count). The van der Waals surface area contributed by atoms with Gasteiger partial charge in [-0.15, -0.1) is 11.3 Å². The zero-order chi connectivity index (χ0) is 21.0. The van der Waals surface area contributed by atoms with Gasteiger partial charge in [-0.2, -0.15) is 0 Å². The number of benzene rings is 1. The maximum atomic E-state index is 12.7. The minimum absolute atomic E-state index is 0.127. The number of esters is 1. The summed E-state index contributed by atoms with van der Waals surface area (Å²) in [5.41, 5.74) is 1.59. The molecule has 0 aliphatic carbocycles. The van der Waals surface area contributed by atoms with E-state index in [1.165, 1.54) is 11.3 Å². The van der Waals surface area contributed by atoms with Gasteiger partial charge in [-0.05, 0) is 50.2 Å². The SMILES string of the molecule is CCOC(=O)c1c(NC(=S)NC(=O)c2ccccc2)sc2c1CC(C)(CC)OC2. The number of thiocarbonyl (C=S) groups is 1. The summed E-state index contributed by atoms with van der Waals surface area (Å²) in [4.78, 5) is 26.0. The summed E-state index contributed by atoms with van der Waals surface area (Å²) >= 11 is 6.71. The Hall–Kier alpha value is -2.29. The smallest absolute Gasteiger partial charge is 0.341 e. The molecule has 2 heterocycles. The van der Waals surface area contributed by atoms with Crippen LogP contribution in [0.1, 0.15) is 58.3 Å². The van der Waals surface area contributed by atoms with Crippen molar-refractivity contribution >= 4 is 45.5 Å². The molecule has 6 nitrogen and oxygen atoms in total. The fraction of sp³-hybridized carbons (Fsp3) is 0.381. The largest absolute Gasteiger partial charge is 0.462 e. The standard InChI is InChI=1S/C21H24N2O4S2/c1-4-21(3)11-14-15(12-27-21)29-18(16(14)19(25)26-5-2)23-20(28)22-17(24)13-9-7-6-8-10-13/h6-10H,4-5,11-12H2,1-3H3,(H2,22,23,24,28). The molecule has 1 aliphatic heterocycles. The fourth-order valence-electron chi connectivity index (χ4n) is 3.11. The first-order chi connectivity index (χ1) is 13.9. The van der Waals surface area contributed by atoms with Gasteiger partial charge in [0.1, 0.15) is 5.00 Å². The van der Waals surface area contributed by atoms with Gasteiger partial charge in [0.25, 0.3) is 5.91 Å². The van der Waals surface area contributed by atoms with Gasteiger partial charge in [-0.1, -0.05) is 25.1 Å². The van der Waals surface area contributed by atoms with Crippen LogP contribution in [0.4, 0.5) is 5.00 Å². The summed E-state index contributed by atoms with van der Waals surface area (Å²) in [5.74, 6) is -0.714. The van der Waals surface area contributed by atoms with Crippen LogP contribution in [0.15, 0.2) is 30.3 Å². The number of anilines is 1. The van der Waals surface area contributed by atoms with Crippen molar-refractivity contribution in [1.82, 2.24) is 5.32 Å². The highest BCUT2D eigenvalue weighted by Crippen LogP contribution is 2.41. The average Bonchev–Trinajstić information content (AvgIpc) is 3.05. The van der Waals surface area contributed by atoms with Gasteiger partial charge in [0.15, 0.2) is 5.11 Å². The fourth-order valence-corrected chi connectivity index (χ4v) is 4.50. The van der Waals surface area contributed by atoms with E-state index in [2.05, 4.69) is 17.6 Å². The van der Waals surface area contributed by atoms with Gasteiger partial charge < -0.3 is 14.8 Å². The van der Waals surface area contributed by atoms with Crippen molar-refractivity contribution < 1.29 is 19.1 Å². The van der Waals surface area contributed by atoms with Crippen LogP contribution in [-0.4, -0.2) is 29.2 Å². The lowest BCUT2D eigenvalue weighted by molar-refractivity contribution is -0.0548. The highest BCUT2D eigenvalue weighted by Gasteiger charge is 2.36. The van der Waals surface area contributed by atoms with E-state index >= 15 is 0 Å². The number of carbonyl (C=O) groups is 2. The third kappa shape index (κ3) is 4.83. The van der Waals surface area contributed by atoms with Crippen LogP contribution in [-0.2, 0) is 22.5 Å². The lowest BCUT2D eigenvalue weighted by atomic mass is 9.89. The quantitative estimate of drug-likeness (QED) is 0.542. The van der Waals surface area contributed by atoms with E-state index in [9.17, 15) is 9.59 Å². The van der Waals surface area contributed by atoms with Crippen LogP contribution in [0.25, 0.3) is 0 Å². The van der Waals surface area contributed by atoms with Crippen LogP contribution >= 0.6 is 23.6 Å². The molecule has 8 heteroatoms. The maximum absolute atomic E-state index is 12.7. The van der Waals surface area contributed by atoms with Gasteiger partial charge in [-0.3, -0.25) is 10.1 Å². The second kappa shape index (κ2) is 9.02. The molecule has 1 aromatic heterocycles. The van der Waals surface area contributed by atoms with Gasteiger partial charge in [0.2, 0.25) is 0 Å².